The molecule has 4 heteroatoms. The lowest BCUT2D eigenvalue weighted by Crippen LogP contribution is -2.48. The van der Waals surface area contributed by atoms with Gasteiger partial charge in [-0.05, 0) is 46.5 Å². The molecule has 1 rings (SSSR count). The van der Waals surface area contributed by atoms with Crippen LogP contribution in [0.1, 0.15) is 40.5 Å². The third-order valence-electron chi connectivity index (χ3n) is 3.17. The van der Waals surface area contributed by atoms with Gasteiger partial charge < -0.3 is 14.6 Å². The zero-order valence-electron chi connectivity index (χ0n) is 11.4. The van der Waals surface area contributed by atoms with Gasteiger partial charge in [-0.1, -0.05) is 0 Å². The lowest BCUT2D eigenvalue weighted by Gasteiger charge is -2.34. The van der Waals surface area contributed by atoms with E-state index in [9.17, 15) is 9.90 Å². The van der Waals surface area contributed by atoms with E-state index < -0.39 is 17.1 Å². The smallest absolute Gasteiger partial charge is 0.312 e. The molecular weight excluding hydrogens is 220 g/mol. The summed E-state index contributed by atoms with van der Waals surface area (Å²) >= 11 is 0. The third kappa shape index (κ3) is 3.68. The maximum Gasteiger partial charge on any atom is 0.312 e. The minimum Gasteiger partial charge on any atom is -0.460 e. The normalized spacial score (nSPS) is 21.8. The Bertz CT molecular complexity index is 278. The molecule has 2 unspecified atom stereocenters. The molecule has 0 aliphatic heterocycles. The summed E-state index contributed by atoms with van der Waals surface area (Å²) in [5.41, 5.74) is -1.61. The maximum atomic E-state index is 12.0. The van der Waals surface area contributed by atoms with Crippen LogP contribution in [0.2, 0.25) is 0 Å². The SMILES string of the molecule is COCC(O)(C1CC1)C(C)C(=O)OC(C)(C)C. The van der Waals surface area contributed by atoms with E-state index >= 15 is 0 Å². The van der Waals surface area contributed by atoms with Gasteiger partial charge in [-0.15, -0.1) is 0 Å². The van der Waals surface area contributed by atoms with Crippen LogP contribution in [-0.4, -0.2) is 36.0 Å². The molecular formula is C13H24O4. The van der Waals surface area contributed by atoms with Crippen LogP contribution in [0.4, 0.5) is 0 Å². The number of hydrogen-bond acceptors (Lipinski definition) is 4. The van der Waals surface area contributed by atoms with Crippen molar-refractivity contribution in [2.24, 2.45) is 11.8 Å². The number of rotatable bonds is 5. The average molecular weight is 244 g/mol. The number of carbonyl (C=O) groups is 1. The number of esters is 1. The molecule has 1 aliphatic rings. The molecule has 0 heterocycles. The van der Waals surface area contributed by atoms with Crippen LogP contribution in [0.25, 0.3) is 0 Å². The van der Waals surface area contributed by atoms with E-state index in [1.54, 1.807) is 6.92 Å². The molecule has 0 aromatic heterocycles. The summed E-state index contributed by atoms with van der Waals surface area (Å²) < 4.78 is 10.4. The second-order valence-corrected chi connectivity index (χ2v) is 5.95. The van der Waals surface area contributed by atoms with Crippen molar-refractivity contribution in [3.05, 3.63) is 0 Å². The maximum absolute atomic E-state index is 12.0. The van der Waals surface area contributed by atoms with Crippen LogP contribution in [0.5, 0.6) is 0 Å². The minimum atomic E-state index is -1.09. The molecule has 4 nitrogen and oxygen atoms in total. The quantitative estimate of drug-likeness (QED) is 0.749. The molecule has 17 heavy (non-hydrogen) atoms. The van der Waals surface area contributed by atoms with Crippen molar-refractivity contribution in [1.29, 1.82) is 0 Å². The fraction of sp³-hybridized carbons (Fsp3) is 0.923. The Morgan fingerprint density at radius 2 is 1.94 bits per heavy atom. The van der Waals surface area contributed by atoms with Crippen molar-refractivity contribution in [2.45, 2.75) is 51.7 Å². The standard InChI is InChI=1S/C13H24O4/c1-9(11(14)17-12(2,3)4)13(15,8-16-5)10-6-7-10/h9-10,15H,6-8H2,1-5H3. The number of aliphatic hydroxyl groups is 1. The Balaban J connectivity index is 2.71. The van der Waals surface area contributed by atoms with E-state index in [2.05, 4.69) is 0 Å². The van der Waals surface area contributed by atoms with Gasteiger partial charge in [-0.2, -0.15) is 0 Å². The first-order chi connectivity index (χ1) is 7.70. The van der Waals surface area contributed by atoms with Crippen LogP contribution >= 0.6 is 0 Å². The Hall–Kier alpha value is -0.610. The number of hydrogen-bond donors (Lipinski definition) is 1. The van der Waals surface area contributed by atoms with E-state index in [-0.39, 0.29) is 18.5 Å². The summed E-state index contributed by atoms with van der Waals surface area (Å²) in [4.78, 5) is 12.0. The molecule has 1 saturated carbocycles. The number of methoxy groups -OCH3 is 1. The second kappa shape index (κ2) is 4.94. The average Bonchev–Trinajstić information content (AvgIpc) is 2.97. The number of ether oxygens (including phenoxy) is 2. The summed E-state index contributed by atoms with van der Waals surface area (Å²) in [5.74, 6) is -0.761. The molecule has 1 aliphatic carbocycles. The van der Waals surface area contributed by atoms with Crippen LogP contribution < -0.4 is 0 Å². The van der Waals surface area contributed by atoms with Crippen molar-refractivity contribution in [2.75, 3.05) is 13.7 Å². The molecule has 0 aromatic rings. The Morgan fingerprint density at radius 1 is 1.41 bits per heavy atom. The lowest BCUT2D eigenvalue weighted by molar-refractivity contribution is -0.174. The van der Waals surface area contributed by atoms with Crippen molar-refractivity contribution in [1.82, 2.24) is 0 Å². The van der Waals surface area contributed by atoms with Crippen molar-refractivity contribution >= 4 is 5.97 Å². The summed E-state index contributed by atoms with van der Waals surface area (Å²) in [5, 5.41) is 10.6. The summed E-state index contributed by atoms with van der Waals surface area (Å²) in [6.07, 6.45) is 1.90. The van der Waals surface area contributed by atoms with Gasteiger partial charge in [0.15, 0.2) is 0 Å². The highest BCUT2D eigenvalue weighted by Crippen LogP contribution is 2.44. The third-order valence-corrected chi connectivity index (χ3v) is 3.17. The molecule has 2 atom stereocenters. The Kier molecular flexibility index (Phi) is 4.20. The molecule has 0 aromatic carbocycles. The summed E-state index contributed by atoms with van der Waals surface area (Å²) in [6.45, 7) is 7.36. The molecule has 0 spiro atoms. The van der Waals surface area contributed by atoms with Crippen molar-refractivity contribution in [3.63, 3.8) is 0 Å². The Morgan fingerprint density at radius 3 is 2.29 bits per heavy atom. The van der Waals surface area contributed by atoms with Gasteiger partial charge in [0.25, 0.3) is 0 Å². The van der Waals surface area contributed by atoms with Gasteiger partial charge in [0.2, 0.25) is 0 Å². The van der Waals surface area contributed by atoms with Gasteiger partial charge in [-0.3, -0.25) is 4.79 Å². The highest BCUT2D eigenvalue weighted by molar-refractivity contribution is 5.74. The first kappa shape index (κ1) is 14.5. The predicted octanol–water partition coefficient (Wildman–Crippen LogP) is 1.75. The highest BCUT2D eigenvalue weighted by Gasteiger charge is 2.51. The van der Waals surface area contributed by atoms with E-state index in [1.165, 1.54) is 7.11 Å². The van der Waals surface area contributed by atoms with Crippen LogP contribution in [0.15, 0.2) is 0 Å². The molecule has 0 saturated heterocycles. The van der Waals surface area contributed by atoms with Gasteiger partial charge in [0.05, 0.1) is 12.5 Å². The summed E-state index contributed by atoms with van der Waals surface area (Å²) in [6, 6.07) is 0. The van der Waals surface area contributed by atoms with E-state index in [0.717, 1.165) is 12.8 Å². The Labute approximate surface area is 103 Å². The summed E-state index contributed by atoms with van der Waals surface area (Å²) in [7, 11) is 1.54. The second-order valence-electron chi connectivity index (χ2n) is 5.95. The molecule has 0 radical (unpaired) electrons. The first-order valence-electron chi connectivity index (χ1n) is 6.15. The number of carbonyl (C=O) groups excluding carboxylic acids is 1. The first-order valence-corrected chi connectivity index (χ1v) is 6.15. The van der Waals surface area contributed by atoms with Crippen LogP contribution in [0, 0.1) is 11.8 Å². The van der Waals surface area contributed by atoms with E-state index in [0.29, 0.717) is 0 Å². The highest BCUT2D eigenvalue weighted by atomic mass is 16.6. The molecule has 1 fully saturated rings. The van der Waals surface area contributed by atoms with Crippen molar-refractivity contribution < 1.29 is 19.4 Å². The van der Waals surface area contributed by atoms with Gasteiger partial charge in [0.1, 0.15) is 11.2 Å². The predicted molar refractivity (Wildman–Crippen MR) is 64.6 cm³/mol. The van der Waals surface area contributed by atoms with Crippen LogP contribution in [-0.2, 0) is 14.3 Å². The lowest BCUT2D eigenvalue weighted by atomic mass is 9.84. The van der Waals surface area contributed by atoms with Gasteiger partial charge in [0, 0.05) is 7.11 Å². The largest absolute Gasteiger partial charge is 0.460 e. The van der Waals surface area contributed by atoms with Gasteiger partial charge >= 0.3 is 5.97 Å². The van der Waals surface area contributed by atoms with E-state index in [1.807, 2.05) is 20.8 Å². The fourth-order valence-corrected chi connectivity index (χ4v) is 2.01. The molecule has 1 N–H and O–H groups in total. The molecule has 0 bridgehead atoms. The zero-order valence-corrected chi connectivity index (χ0v) is 11.4. The molecule has 0 amide bonds. The van der Waals surface area contributed by atoms with E-state index in [4.69, 9.17) is 9.47 Å². The fourth-order valence-electron chi connectivity index (χ4n) is 2.01. The topological polar surface area (TPSA) is 55.8 Å². The minimum absolute atomic E-state index is 0.157. The van der Waals surface area contributed by atoms with Gasteiger partial charge in [-0.25, -0.2) is 0 Å². The van der Waals surface area contributed by atoms with Crippen molar-refractivity contribution in [3.8, 4) is 0 Å². The van der Waals surface area contributed by atoms with Crippen LogP contribution in [0.3, 0.4) is 0 Å². The monoisotopic (exact) mass is 244 g/mol. The molecule has 100 valence electrons. The zero-order chi connectivity index (χ0) is 13.3.